The van der Waals surface area contributed by atoms with Gasteiger partial charge in [0.25, 0.3) is 0 Å². The van der Waals surface area contributed by atoms with Gasteiger partial charge < -0.3 is 13.9 Å². The third-order valence-corrected chi connectivity index (χ3v) is 11.9. The van der Waals surface area contributed by atoms with Gasteiger partial charge in [-0.3, -0.25) is 0 Å². The van der Waals surface area contributed by atoms with Crippen LogP contribution in [0.1, 0.15) is 0 Å². The number of aromatic nitrogens is 2. The fraction of sp³-hybridized carbons (Fsp3) is 0. The molecule has 3 nitrogen and oxygen atoms in total. The van der Waals surface area contributed by atoms with Crippen LogP contribution in [0.5, 0.6) is 0 Å². The van der Waals surface area contributed by atoms with Crippen molar-refractivity contribution in [3.8, 4) is 27.9 Å². The average Bonchev–Trinajstić information content (AvgIpc) is 3.93. The lowest BCUT2D eigenvalue weighted by Crippen LogP contribution is -2.10. The number of para-hydroxylation sites is 4. The van der Waals surface area contributed by atoms with E-state index in [0.29, 0.717) is 0 Å². The van der Waals surface area contributed by atoms with Crippen molar-refractivity contribution in [2.24, 2.45) is 0 Å². The summed E-state index contributed by atoms with van der Waals surface area (Å²) in [5.41, 5.74) is 15.5. The van der Waals surface area contributed by atoms with E-state index in [2.05, 4.69) is 226 Å². The Labute approximate surface area is 329 Å². The summed E-state index contributed by atoms with van der Waals surface area (Å²) in [7, 11) is 0. The predicted octanol–water partition coefficient (Wildman–Crippen LogP) is 14.7. The molecule has 0 bridgehead atoms. The van der Waals surface area contributed by atoms with Gasteiger partial charge in [-0.05, 0) is 101 Å². The lowest BCUT2D eigenvalue weighted by molar-refractivity contribution is 1.17. The van der Waals surface area contributed by atoms with E-state index in [4.69, 9.17) is 0 Å². The van der Waals surface area contributed by atoms with E-state index in [1.54, 1.807) is 0 Å². The first-order valence-corrected chi connectivity index (χ1v) is 19.6. The summed E-state index contributed by atoms with van der Waals surface area (Å²) >= 11 is 0. The monoisotopic (exact) mass is 725 g/mol. The summed E-state index contributed by atoms with van der Waals surface area (Å²) in [5, 5.41) is 7.73. The number of hydrogen-bond acceptors (Lipinski definition) is 1. The highest BCUT2D eigenvalue weighted by Gasteiger charge is 2.19. The first kappa shape index (κ1) is 31.7. The number of hydrogen-bond donors (Lipinski definition) is 0. The van der Waals surface area contributed by atoms with E-state index >= 15 is 0 Å². The molecule has 3 aromatic heterocycles. The summed E-state index contributed by atoms with van der Waals surface area (Å²) in [5.74, 6) is 0. The van der Waals surface area contributed by atoms with Gasteiger partial charge in [0.05, 0.1) is 27.6 Å². The van der Waals surface area contributed by atoms with Crippen molar-refractivity contribution in [3.63, 3.8) is 0 Å². The SMILES string of the molecule is c1ccc(-c2ccc(N(c3ccc(-c4ccc5c(c4)c4cccc6c7ccccc7n5c64)cc3)c3ccc(-n4c5ccccc5c5ccccc54)cc3)cc2)cc1. The summed E-state index contributed by atoms with van der Waals surface area (Å²) in [6.45, 7) is 0. The molecule has 0 aliphatic carbocycles. The van der Waals surface area contributed by atoms with Gasteiger partial charge in [-0.2, -0.15) is 0 Å². The van der Waals surface area contributed by atoms with Crippen LogP contribution in [0.25, 0.3) is 87.8 Å². The van der Waals surface area contributed by atoms with Crippen molar-refractivity contribution in [2.45, 2.75) is 0 Å². The minimum Gasteiger partial charge on any atom is -0.311 e. The Morgan fingerprint density at radius 3 is 1.32 bits per heavy atom. The zero-order chi connectivity index (χ0) is 37.5. The van der Waals surface area contributed by atoms with Gasteiger partial charge in [0.2, 0.25) is 0 Å². The van der Waals surface area contributed by atoms with Gasteiger partial charge in [-0.25, -0.2) is 0 Å². The van der Waals surface area contributed by atoms with Crippen LogP contribution >= 0.6 is 0 Å². The normalized spacial score (nSPS) is 11.9. The molecule has 0 amide bonds. The topological polar surface area (TPSA) is 12.6 Å². The minimum absolute atomic E-state index is 1.10. The molecule has 266 valence electrons. The Morgan fingerprint density at radius 1 is 0.281 bits per heavy atom. The Hall–Kier alpha value is -7.62. The van der Waals surface area contributed by atoms with Crippen LogP contribution in [0.2, 0.25) is 0 Å². The lowest BCUT2D eigenvalue weighted by Gasteiger charge is -2.26. The maximum absolute atomic E-state index is 2.44. The highest BCUT2D eigenvalue weighted by Crippen LogP contribution is 2.42. The molecule has 3 heterocycles. The van der Waals surface area contributed by atoms with Crippen LogP contribution in [0, 0.1) is 0 Å². The molecule has 12 rings (SSSR count). The summed E-state index contributed by atoms with van der Waals surface area (Å²) in [6.07, 6.45) is 0. The second-order valence-corrected chi connectivity index (χ2v) is 15.0. The molecule has 0 saturated carbocycles. The van der Waals surface area contributed by atoms with Crippen molar-refractivity contribution >= 4 is 77.0 Å². The Balaban J connectivity index is 0.953. The Kier molecular flexibility index (Phi) is 6.93. The van der Waals surface area contributed by atoms with Crippen LogP contribution in [0.4, 0.5) is 17.1 Å². The van der Waals surface area contributed by atoms with Gasteiger partial charge in [-0.1, -0.05) is 133 Å². The van der Waals surface area contributed by atoms with Gasteiger partial charge in [-0.15, -0.1) is 0 Å². The molecule has 0 spiro atoms. The maximum atomic E-state index is 2.44. The Morgan fingerprint density at radius 2 is 0.702 bits per heavy atom. The van der Waals surface area contributed by atoms with Crippen molar-refractivity contribution in [3.05, 3.63) is 212 Å². The lowest BCUT2D eigenvalue weighted by atomic mass is 10.0. The molecule has 0 radical (unpaired) electrons. The molecule has 0 N–H and O–H groups in total. The number of benzene rings is 9. The molecule has 0 atom stereocenters. The minimum atomic E-state index is 1.10. The van der Waals surface area contributed by atoms with E-state index < -0.39 is 0 Å². The first-order chi connectivity index (χ1) is 28.3. The molecule has 12 aromatic rings. The van der Waals surface area contributed by atoms with E-state index in [1.165, 1.54) is 82.2 Å². The smallest absolute Gasteiger partial charge is 0.0620 e. The first-order valence-electron chi connectivity index (χ1n) is 19.6. The number of nitrogens with zero attached hydrogens (tertiary/aromatic N) is 3. The molecule has 57 heavy (non-hydrogen) atoms. The average molecular weight is 726 g/mol. The van der Waals surface area contributed by atoms with Crippen LogP contribution in [0.3, 0.4) is 0 Å². The zero-order valence-corrected chi connectivity index (χ0v) is 31.0. The number of fused-ring (bicyclic) bond motifs is 9. The van der Waals surface area contributed by atoms with Crippen LogP contribution in [-0.2, 0) is 0 Å². The number of rotatable bonds is 6. The van der Waals surface area contributed by atoms with Gasteiger partial charge in [0.15, 0.2) is 0 Å². The fourth-order valence-corrected chi connectivity index (χ4v) is 9.25. The largest absolute Gasteiger partial charge is 0.311 e. The van der Waals surface area contributed by atoms with Crippen molar-refractivity contribution in [2.75, 3.05) is 4.90 Å². The van der Waals surface area contributed by atoms with E-state index in [0.717, 1.165) is 22.7 Å². The van der Waals surface area contributed by atoms with E-state index in [1.807, 2.05) is 0 Å². The summed E-state index contributed by atoms with van der Waals surface area (Å²) in [6, 6.07) is 77.3. The van der Waals surface area contributed by atoms with Crippen molar-refractivity contribution < 1.29 is 0 Å². The standard InChI is InChI=1S/C54H35N3/c1-2-11-36(12-3-1)37-21-26-40(27-22-37)55(42-30-32-43(33-31-42)56-50-18-7-4-13-44(50)45-14-5-8-19-51(45)56)41-28-23-38(24-29-41)39-25-34-53-49(35-39)48-17-10-16-47-46-15-6-9-20-52(46)57(53)54(47)48/h1-35H. The molecule has 0 aliphatic heterocycles. The van der Waals surface area contributed by atoms with Crippen LogP contribution < -0.4 is 4.90 Å². The molecular formula is C54H35N3. The zero-order valence-electron chi connectivity index (χ0n) is 31.0. The van der Waals surface area contributed by atoms with Gasteiger partial charge in [0, 0.05) is 55.1 Å². The fourth-order valence-electron chi connectivity index (χ4n) is 9.25. The summed E-state index contributed by atoms with van der Waals surface area (Å²) in [4.78, 5) is 2.36. The van der Waals surface area contributed by atoms with E-state index in [9.17, 15) is 0 Å². The molecule has 0 saturated heterocycles. The third kappa shape index (κ3) is 4.86. The molecule has 0 aliphatic rings. The summed E-state index contributed by atoms with van der Waals surface area (Å²) < 4.78 is 4.81. The molecular weight excluding hydrogens is 691 g/mol. The predicted molar refractivity (Wildman–Crippen MR) is 241 cm³/mol. The maximum Gasteiger partial charge on any atom is 0.0620 e. The van der Waals surface area contributed by atoms with Crippen LogP contribution in [0.15, 0.2) is 212 Å². The Bertz CT molecular complexity index is 3370. The van der Waals surface area contributed by atoms with E-state index in [-0.39, 0.29) is 0 Å². The van der Waals surface area contributed by atoms with Gasteiger partial charge >= 0.3 is 0 Å². The highest BCUT2D eigenvalue weighted by molar-refractivity contribution is 6.23. The molecule has 0 fully saturated rings. The van der Waals surface area contributed by atoms with Crippen molar-refractivity contribution in [1.29, 1.82) is 0 Å². The van der Waals surface area contributed by atoms with Crippen molar-refractivity contribution in [1.82, 2.24) is 8.97 Å². The van der Waals surface area contributed by atoms with Gasteiger partial charge in [0.1, 0.15) is 0 Å². The van der Waals surface area contributed by atoms with Crippen LogP contribution in [-0.4, -0.2) is 8.97 Å². The second kappa shape index (κ2) is 12.5. The molecule has 0 unspecified atom stereocenters. The quantitative estimate of drug-likeness (QED) is 0.166. The molecule has 9 aromatic carbocycles. The third-order valence-electron chi connectivity index (χ3n) is 11.9. The number of anilines is 3. The molecule has 3 heteroatoms. The second-order valence-electron chi connectivity index (χ2n) is 15.0. The highest BCUT2D eigenvalue weighted by atomic mass is 15.1.